The van der Waals surface area contributed by atoms with Gasteiger partial charge < -0.3 is 65.1 Å². The number of fused-ring (bicyclic) bond motifs is 3. The molecule has 0 saturated carbocycles. The van der Waals surface area contributed by atoms with Gasteiger partial charge in [0.25, 0.3) is 0 Å². The number of hydrogen-bond donors (Lipinski definition) is 11. The summed E-state index contributed by atoms with van der Waals surface area (Å²) in [6.07, 6.45) is -4.19. The summed E-state index contributed by atoms with van der Waals surface area (Å²) in [5.74, 6) is -4.16. The molecular weight excluding hydrogens is 991 g/mol. The van der Waals surface area contributed by atoms with Gasteiger partial charge in [0.05, 0.1) is 59.7 Å². The number of carbonyl (C=O) groups is 5. The molecular formula is C42H56N4O19P2S2. The maximum absolute atomic E-state index is 14.0. The third-order valence-electron chi connectivity index (χ3n) is 12.4. The molecule has 69 heavy (non-hydrogen) atoms. The second-order valence-corrected chi connectivity index (χ2v) is 23.6. The van der Waals surface area contributed by atoms with Crippen molar-refractivity contribution in [1.29, 1.82) is 0 Å². The maximum Gasteiger partial charge on any atom is 0.341 e. The highest BCUT2D eigenvalue weighted by atomic mass is 32.2. The number of methoxy groups -OCH3 is 1. The number of amides is 3. The first kappa shape index (κ1) is 54.6. The average Bonchev–Trinajstić information content (AvgIpc) is 3.54. The highest BCUT2D eigenvalue weighted by molar-refractivity contribution is 8.01. The van der Waals surface area contributed by atoms with Crippen molar-refractivity contribution < 1.29 is 92.4 Å². The van der Waals surface area contributed by atoms with Crippen LogP contribution in [0, 0.1) is 0 Å². The fourth-order valence-electron chi connectivity index (χ4n) is 8.80. The monoisotopic (exact) mass is 1050 g/mol. The Labute approximate surface area is 403 Å². The zero-order valence-electron chi connectivity index (χ0n) is 37.5. The SMILES string of the molecule is COc1cccc2c1C(=O)c1c(O)c3c(c(O)c1C2=O)C[C@@](O)(/C(CO)=N/NC(=O)CCCCCN1C(=O)CC(SCCCSCC(P(=O)(O)O)P(=O)(O)O)C1=O)C[C@@H]3O[C@H]1C[C@H](N)[C@H](O)[C@H](C)O1. The minimum atomic E-state index is -5.02. The summed E-state index contributed by atoms with van der Waals surface area (Å²) in [4.78, 5) is 105. The summed E-state index contributed by atoms with van der Waals surface area (Å²) in [5, 5.41) is 58.2. The Morgan fingerprint density at radius 3 is 2.36 bits per heavy atom. The molecule has 2 aromatic carbocycles. The summed E-state index contributed by atoms with van der Waals surface area (Å²) in [6, 6.07) is 3.48. The number of rotatable bonds is 21. The van der Waals surface area contributed by atoms with Crippen LogP contribution in [0.3, 0.4) is 0 Å². The van der Waals surface area contributed by atoms with Crippen LogP contribution in [0.5, 0.6) is 17.2 Å². The molecule has 0 bridgehead atoms. The van der Waals surface area contributed by atoms with Gasteiger partial charge in [0, 0.05) is 67.1 Å². The number of aliphatic hydroxyl groups excluding tert-OH is 2. The van der Waals surface area contributed by atoms with E-state index in [2.05, 4.69) is 10.5 Å². The van der Waals surface area contributed by atoms with Crippen LogP contribution < -0.4 is 15.9 Å². The van der Waals surface area contributed by atoms with Crippen molar-refractivity contribution in [2.45, 2.75) is 112 Å². The number of nitrogens with two attached hydrogens (primary N) is 1. The summed E-state index contributed by atoms with van der Waals surface area (Å²) in [5.41, 5.74) is 4.17. The molecule has 2 fully saturated rings. The molecule has 2 aromatic rings. The smallest absolute Gasteiger partial charge is 0.341 e. The van der Waals surface area contributed by atoms with Gasteiger partial charge in [-0.25, -0.2) is 5.43 Å². The lowest BCUT2D eigenvalue weighted by molar-refractivity contribution is -0.245. The van der Waals surface area contributed by atoms with Crippen molar-refractivity contribution in [2.75, 3.05) is 37.5 Å². The Hall–Kier alpha value is -3.78. The number of ether oxygens (including phenoxy) is 3. The number of hydrazone groups is 1. The molecule has 27 heteroatoms. The van der Waals surface area contributed by atoms with Crippen LogP contribution in [0.25, 0.3) is 0 Å². The number of ketones is 2. The van der Waals surface area contributed by atoms with Gasteiger partial charge in [-0.15, -0.1) is 11.8 Å². The zero-order valence-corrected chi connectivity index (χ0v) is 40.9. The molecule has 2 aliphatic heterocycles. The number of nitrogens with one attached hydrogen (secondary N) is 1. The quantitative estimate of drug-likeness (QED) is 0.0178. The summed E-state index contributed by atoms with van der Waals surface area (Å²) < 4.78 is 40.4. The first-order chi connectivity index (χ1) is 32.4. The van der Waals surface area contributed by atoms with Gasteiger partial charge in [-0.1, -0.05) is 18.6 Å². The van der Waals surface area contributed by atoms with E-state index < -0.39 is 127 Å². The van der Waals surface area contributed by atoms with E-state index in [0.29, 0.717) is 30.8 Å². The van der Waals surface area contributed by atoms with Gasteiger partial charge in [-0.2, -0.15) is 16.9 Å². The molecule has 0 spiro atoms. The van der Waals surface area contributed by atoms with Gasteiger partial charge in [0.2, 0.25) is 23.5 Å². The number of aliphatic hydroxyl groups is 3. The van der Waals surface area contributed by atoms with Crippen molar-refractivity contribution in [3.05, 3.63) is 51.6 Å². The van der Waals surface area contributed by atoms with E-state index in [1.807, 2.05) is 0 Å². The molecule has 4 aliphatic rings. The maximum atomic E-state index is 14.0. The Morgan fingerprint density at radius 2 is 1.71 bits per heavy atom. The number of benzene rings is 2. The number of aromatic hydroxyl groups is 2. The van der Waals surface area contributed by atoms with Crippen LogP contribution in [0.4, 0.5) is 0 Å². The van der Waals surface area contributed by atoms with E-state index in [0.717, 1.165) is 16.7 Å². The molecule has 6 rings (SSSR count). The lowest BCUT2D eigenvalue weighted by Crippen LogP contribution is -2.53. The molecule has 0 aromatic heterocycles. The van der Waals surface area contributed by atoms with Gasteiger partial charge in [-0.3, -0.25) is 38.0 Å². The number of phenolic OH excluding ortho intramolecular Hbond substituents is 2. The van der Waals surface area contributed by atoms with E-state index in [9.17, 15) is 78.2 Å². The number of hydrogen-bond acceptors (Lipinski definition) is 19. The molecule has 7 atom stereocenters. The number of nitrogens with zero attached hydrogens (tertiary/aromatic N) is 2. The molecule has 2 saturated heterocycles. The van der Waals surface area contributed by atoms with Gasteiger partial charge in [-0.05, 0) is 43.8 Å². The minimum absolute atomic E-state index is 0.0235. The molecule has 1 unspecified atom stereocenters. The van der Waals surface area contributed by atoms with Crippen molar-refractivity contribution in [3.63, 3.8) is 0 Å². The topological polar surface area (TPSA) is 383 Å². The Balaban J connectivity index is 1.07. The van der Waals surface area contributed by atoms with Crippen LogP contribution in [0.15, 0.2) is 23.3 Å². The fourth-order valence-corrected chi connectivity index (χ4v) is 14.6. The second-order valence-electron chi connectivity index (χ2n) is 17.2. The molecule has 2 aliphatic carbocycles. The third-order valence-corrected chi connectivity index (χ3v) is 19.1. The zero-order chi connectivity index (χ0) is 50.7. The summed E-state index contributed by atoms with van der Waals surface area (Å²) in [7, 11) is -8.75. The predicted octanol–water partition coefficient (Wildman–Crippen LogP) is 1.13. The van der Waals surface area contributed by atoms with Crippen LogP contribution in [-0.4, -0.2) is 163 Å². The first-order valence-electron chi connectivity index (χ1n) is 21.9. The number of thioether (sulfide) groups is 2. The molecule has 380 valence electrons. The van der Waals surface area contributed by atoms with E-state index in [-0.39, 0.29) is 77.8 Å². The average molecular weight is 1050 g/mol. The lowest BCUT2D eigenvalue weighted by atomic mass is 9.71. The van der Waals surface area contributed by atoms with Crippen molar-refractivity contribution in [3.8, 4) is 17.2 Å². The van der Waals surface area contributed by atoms with E-state index in [1.165, 1.54) is 37.1 Å². The number of phenols is 2. The first-order valence-corrected chi connectivity index (χ1v) is 27.4. The normalized spacial score (nSPS) is 25.2. The predicted molar refractivity (Wildman–Crippen MR) is 248 cm³/mol. The van der Waals surface area contributed by atoms with Crippen LogP contribution in [0.2, 0.25) is 0 Å². The number of likely N-dealkylation sites (tertiary alicyclic amines) is 1. The molecule has 12 N–H and O–H groups in total. The molecule has 3 amide bonds. The summed E-state index contributed by atoms with van der Waals surface area (Å²) in [6.45, 7) is 0.733. The highest BCUT2D eigenvalue weighted by Crippen LogP contribution is 2.61. The fraction of sp³-hybridized carbons (Fsp3) is 0.571. The van der Waals surface area contributed by atoms with Gasteiger partial charge in [0.1, 0.15) is 22.8 Å². The molecule has 0 radical (unpaired) electrons. The van der Waals surface area contributed by atoms with E-state index in [4.69, 9.17) is 19.9 Å². The Morgan fingerprint density at radius 1 is 1.01 bits per heavy atom. The van der Waals surface area contributed by atoms with Gasteiger partial charge >= 0.3 is 15.2 Å². The van der Waals surface area contributed by atoms with Crippen molar-refractivity contribution >= 4 is 73.7 Å². The van der Waals surface area contributed by atoms with E-state index >= 15 is 0 Å². The largest absolute Gasteiger partial charge is 0.507 e. The highest BCUT2D eigenvalue weighted by Gasteiger charge is 2.50. The third kappa shape index (κ3) is 12.0. The lowest BCUT2D eigenvalue weighted by Gasteiger charge is -2.43. The van der Waals surface area contributed by atoms with Gasteiger partial charge in [0.15, 0.2) is 17.5 Å². The van der Waals surface area contributed by atoms with Crippen LogP contribution >= 0.6 is 38.7 Å². The van der Waals surface area contributed by atoms with Crippen LogP contribution in [-0.2, 0) is 39.4 Å². The molecule has 23 nitrogen and oxygen atoms in total. The summed E-state index contributed by atoms with van der Waals surface area (Å²) >= 11 is 2.20. The Kier molecular flexibility index (Phi) is 17.7. The van der Waals surface area contributed by atoms with Crippen molar-refractivity contribution in [1.82, 2.24) is 10.3 Å². The van der Waals surface area contributed by atoms with Crippen LogP contribution in [0.1, 0.15) is 107 Å². The Bertz CT molecular complexity index is 2430. The minimum Gasteiger partial charge on any atom is -0.507 e. The van der Waals surface area contributed by atoms with E-state index in [1.54, 1.807) is 6.92 Å². The van der Waals surface area contributed by atoms with Crippen molar-refractivity contribution in [2.24, 2.45) is 10.8 Å². The standard InChI is InChI=1S/C42H56N4O19P2S2/c1-20-36(50)23(43)14-30(64-20)65-25-17-42(56,16-22-33(25)40(54)35-34(38(22)52)37(51)21-8-6-9-24(63-2)32(21)39(35)53)27(18-47)44-45-28(48)10-4-3-5-11-46-29(49)15-26(41(46)55)69-13-7-12-68-19-31(66(57,58)59)67(60,61)62/h6,8-9,20,23,25-26,30-31,36,47,50,52,54,56H,3-5,7,10-19,43H2,1-2H3,(H,45,48)(H2,57,58,59)(H2,60,61,62)/b44-27+/t20-,23-,25-,26?,30-,36+,42-/m0/s1. The molecule has 2 heterocycles. The number of unbranched alkanes of at least 4 members (excludes halogenated alkanes) is 2. The number of carbonyl (C=O) groups excluding carboxylic acids is 5. The number of imide groups is 1. The second kappa shape index (κ2) is 22.3.